The van der Waals surface area contributed by atoms with E-state index in [9.17, 15) is 4.79 Å². The number of thiocarbonyl (C=S) groups is 1. The van der Waals surface area contributed by atoms with Crippen LogP contribution in [0.1, 0.15) is 16.1 Å². The van der Waals surface area contributed by atoms with Crippen LogP contribution in [-0.4, -0.2) is 27.7 Å². The van der Waals surface area contributed by atoms with Crippen molar-refractivity contribution in [2.24, 2.45) is 12.8 Å². The van der Waals surface area contributed by atoms with Crippen LogP contribution in [0.3, 0.4) is 0 Å². The molecule has 5 nitrogen and oxygen atoms in total. The lowest BCUT2D eigenvalue weighted by molar-refractivity contribution is 0.0984. The van der Waals surface area contributed by atoms with Gasteiger partial charge in [0.2, 0.25) is 0 Å². The maximum atomic E-state index is 12.3. The summed E-state index contributed by atoms with van der Waals surface area (Å²) in [7, 11) is 3.43. The molecule has 2 N–H and O–H groups in total. The van der Waals surface area contributed by atoms with Gasteiger partial charge in [0, 0.05) is 31.5 Å². The second-order valence-electron chi connectivity index (χ2n) is 4.12. The number of carbonyl (C=O) groups excluding carboxylic acids is 1. The molecule has 19 heavy (non-hydrogen) atoms. The van der Waals surface area contributed by atoms with Gasteiger partial charge in [-0.05, 0) is 18.2 Å². The zero-order valence-corrected chi connectivity index (χ0v) is 11.5. The van der Waals surface area contributed by atoms with Crippen molar-refractivity contribution in [3.63, 3.8) is 0 Å². The largest absolute Gasteiger partial charge is 0.389 e. The highest BCUT2D eigenvalue weighted by Crippen LogP contribution is 2.17. The molecule has 0 aliphatic carbocycles. The van der Waals surface area contributed by atoms with Crippen LogP contribution in [0, 0.1) is 0 Å². The van der Waals surface area contributed by atoms with Crippen molar-refractivity contribution >= 4 is 28.8 Å². The molecule has 2 aromatic rings. The molecule has 0 aliphatic heterocycles. The number of benzene rings is 1. The summed E-state index contributed by atoms with van der Waals surface area (Å²) in [6.45, 7) is 0. The third kappa shape index (κ3) is 2.63. The molecule has 0 fully saturated rings. The minimum Gasteiger partial charge on any atom is -0.389 e. The lowest BCUT2D eigenvalue weighted by atomic mass is 10.2. The summed E-state index contributed by atoms with van der Waals surface area (Å²) in [6.07, 6.45) is 1.59. The van der Waals surface area contributed by atoms with Gasteiger partial charge in [0.05, 0.1) is 0 Å². The zero-order valence-electron chi connectivity index (χ0n) is 10.7. The van der Waals surface area contributed by atoms with E-state index in [0.29, 0.717) is 10.7 Å². The highest BCUT2D eigenvalue weighted by molar-refractivity contribution is 7.80. The Hall–Kier alpha value is -2.21. The number of nitrogens with zero attached hydrogens (tertiary/aromatic N) is 3. The summed E-state index contributed by atoms with van der Waals surface area (Å²) in [5.74, 6) is -0.139. The molecule has 0 atom stereocenters. The van der Waals surface area contributed by atoms with Gasteiger partial charge in [0.1, 0.15) is 10.7 Å². The predicted octanol–water partition coefficient (Wildman–Crippen LogP) is 1.33. The first kappa shape index (κ1) is 13.2. The van der Waals surface area contributed by atoms with Gasteiger partial charge in [0.15, 0.2) is 0 Å². The highest BCUT2D eigenvalue weighted by Gasteiger charge is 2.16. The Morgan fingerprint density at radius 2 is 2.16 bits per heavy atom. The Labute approximate surface area is 116 Å². The van der Waals surface area contributed by atoms with Crippen molar-refractivity contribution in [1.29, 1.82) is 0 Å². The first-order valence-corrected chi connectivity index (χ1v) is 6.07. The molecular formula is C13H14N4OS. The lowest BCUT2D eigenvalue weighted by Gasteiger charge is -2.18. The van der Waals surface area contributed by atoms with Crippen LogP contribution in [0.2, 0.25) is 0 Å². The average Bonchev–Trinajstić information content (AvgIpc) is 2.83. The van der Waals surface area contributed by atoms with E-state index >= 15 is 0 Å². The van der Waals surface area contributed by atoms with E-state index < -0.39 is 0 Å². The monoisotopic (exact) mass is 274 g/mol. The molecule has 2 rings (SSSR count). The quantitative estimate of drug-likeness (QED) is 0.858. The minimum atomic E-state index is -0.139. The van der Waals surface area contributed by atoms with Gasteiger partial charge in [-0.25, -0.2) is 0 Å². The van der Waals surface area contributed by atoms with Crippen LogP contribution in [-0.2, 0) is 7.05 Å². The average molecular weight is 274 g/mol. The Morgan fingerprint density at radius 3 is 2.74 bits per heavy atom. The van der Waals surface area contributed by atoms with E-state index in [0.717, 1.165) is 11.3 Å². The van der Waals surface area contributed by atoms with E-state index in [2.05, 4.69) is 5.10 Å². The predicted molar refractivity (Wildman–Crippen MR) is 78.3 cm³/mol. The standard InChI is InChI=1S/C13H14N4OS/c1-16(13(18)11-6-7-15-17(11)2)10-5-3-4-9(8-10)12(14)19/h3-8H,1-2H3,(H2,14,19). The minimum absolute atomic E-state index is 0.139. The van der Waals surface area contributed by atoms with Crippen molar-refractivity contribution in [3.8, 4) is 0 Å². The topological polar surface area (TPSA) is 64.2 Å². The molecule has 1 aromatic carbocycles. The molecule has 0 saturated heterocycles. The van der Waals surface area contributed by atoms with Crippen LogP contribution in [0.25, 0.3) is 0 Å². The number of aromatic nitrogens is 2. The summed E-state index contributed by atoms with van der Waals surface area (Å²) in [6, 6.07) is 8.92. The summed E-state index contributed by atoms with van der Waals surface area (Å²) in [5.41, 5.74) is 7.57. The summed E-state index contributed by atoms with van der Waals surface area (Å²) in [4.78, 5) is 14.2. The molecule has 0 bridgehead atoms. The molecule has 0 aliphatic rings. The third-order valence-corrected chi connectivity index (χ3v) is 3.10. The van der Waals surface area contributed by atoms with Gasteiger partial charge >= 0.3 is 0 Å². The fraction of sp³-hybridized carbons (Fsp3) is 0.154. The van der Waals surface area contributed by atoms with E-state index in [1.807, 2.05) is 18.2 Å². The molecule has 0 spiro atoms. The normalized spacial score (nSPS) is 10.2. The van der Waals surface area contributed by atoms with Crippen molar-refractivity contribution in [1.82, 2.24) is 9.78 Å². The van der Waals surface area contributed by atoms with Crippen molar-refractivity contribution in [2.45, 2.75) is 0 Å². The highest BCUT2D eigenvalue weighted by atomic mass is 32.1. The Balaban J connectivity index is 2.32. The Morgan fingerprint density at radius 1 is 1.42 bits per heavy atom. The SMILES string of the molecule is CN(C(=O)c1ccnn1C)c1cccc(C(N)=S)c1. The Bertz CT molecular complexity index is 635. The van der Waals surface area contributed by atoms with Crippen molar-refractivity contribution < 1.29 is 4.79 Å². The number of rotatable bonds is 3. The van der Waals surface area contributed by atoms with Gasteiger partial charge in [-0.2, -0.15) is 5.10 Å². The molecule has 1 heterocycles. The number of aryl methyl sites for hydroxylation is 1. The number of carbonyl (C=O) groups is 1. The van der Waals surface area contributed by atoms with E-state index in [4.69, 9.17) is 18.0 Å². The van der Waals surface area contributed by atoms with Crippen LogP contribution in [0.15, 0.2) is 36.5 Å². The van der Waals surface area contributed by atoms with Crippen LogP contribution >= 0.6 is 12.2 Å². The summed E-state index contributed by atoms with van der Waals surface area (Å²) >= 11 is 4.93. The molecule has 0 saturated carbocycles. The van der Waals surface area contributed by atoms with Crippen molar-refractivity contribution in [2.75, 3.05) is 11.9 Å². The van der Waals surface area contributed by atoms with Crippen molar-refractivity contribution in [3.05, 3.63) is 47.8 Å². The second kappa shape index (κ2) is 5.19. The van der Waals surface area contributed by atoms with Gasteiger partial charge in [0.25, 0.3) is 5.91 Å². The molecule has 6 heteroatoms. The van der Waals surface area contributed by atoms with Gasteiger partial charge in [-0.3, -0.25) is 9.48 Å². The van der Waals surface area contributed by atoms with Gasteiger partial charge in [-0.1, -0.05) is 24.4 Å². The summed E-state index contributed by atoms with van der Waals surface area (Å²) in [5, 5.41) is 3.99. The molecule has 0 unspecified atom stereocenters. The van der Waals surface area contributed by atoms with E-state index in [1.54, 1.807) is 37.3 Å². The molecule has 1 amide bonds. The fourth-order valence-corrected chi connectivity index (χ4v) is 1.87. The molecule has 98 valence electrons. The fourth-order valence-electron chi connectivity index (χ4n) is 1.74. The van der Waals surface area contributed by atoms with E-state index in [1.165, 1.54) is 4.68 Å². The second-order valence-corrected chi connectivity index (χ2v) is 4.56. The van der Waals surface area contributed by atoms with Crippen LogP contribution in [0.4, 0.5) is 5.69 Å². The smallest absolute Gasteiger partial charge is 0.276 e. The summed E-state index contributed by atoms with van der Waals surface area (Å²) < 4.78 is 1.54. The number of amides is 1. The van der Waals surface area contributed by atoms with Gasteiger partial charge in [-0.15, -0.1) is 0 Å². The van der Waals surface area contributed by atoms with E-state index in [-0.39, 0.29) is 5.91 Å². The van der Waals surface area contributed by atoms with Gasteiger partial charge < -0.3 is 10.6 Å². The maximum absolute atomic E-state index is 12.3. The van der Waals surface area contributed by atoms with Crippen LogP contribution < -0.4 is 10.6 Å². The number of nitrogens with two attached hydrogens (primary N) is 1. The molecule has 0 radical (unpaired) electrons. The number of hydrogen-bond donors (Lipinski definition) is 1. The first-order chi connectivity index (χ1) is 9.00. The third-order valence-electron chi connectivity index (χ3n) is 2.86. The number of anilines is 1. The van der Waals surface area contributed by atoms with Crippen LogP contribution in [0.5, 0.6) is 0 Å². The molecule has 1 aromatic heterocycles. The zero-order chi connectivity index (χ0) is 14.0. The Kier molecular flexibility index (Phi) is 3.62. The lowest BCUT2D eigenvalue weighted by Crippen LogP contribution is -2.28. The maximum Gasteiger partial charge on any atom is 0.276 e. The number of hydrogen-bond acceptors (Lipinski definition) is 3. The first-order valence-electron chi connectivity index (χ1n) is 5.66. The molecular weight excluding hydrogens is 260 g/mol.